The first-order valence-corrected chi connectivity index (χ1v) is 7.66. The molecule has 0 aromatic heterocycles. The molecule has 0 bridgehead atoms. The smallest absolute Gasteiger partial charge is 0.309 e. The lowest BCUT2D eigenvalue weighted by Crippen LogP contribution is -2.41. The molecule has 1 saturated heterocycles. The monoisotopic (exact) mass is 309 g/mol. The topological polar surface area (TPSA) is 46.6 Å². The maximum atomic E-state index is 12.2. The van der Waals surface area contributed by atoms with E-state index >= 15 is 0 Å². The molecule has 1 amide bonds. The summed E-state index contributed by atoms with van der Waals surface area (Å²) in [5.41, 5.74) is 0.917. The van der Waals surface area contributed by atoms with Crippen LogP contribution < -0.4 is 0 Å². The molecular weight excluding hydrogens is 290 g/mol. The van der Waals surface area contributed by atoms with E-state index in [2.05, 4.69) is 0 Å². The van der Waals surface area contributed by atoms with Crippen LogP contribution in [0.3, 0.4) is 0 Å². The number of hydrogen-bond acceptors (Lipinski definition) is 3. The molecule has 1 fully saturated rings. The van der Waals surface area contributed by atoms with Gasteiger partial charge in [-0.05, 0) is 37.5 Å². The van der Waals surface area contributed by atoms with Gasteiger partial charge in [-0.15, -0.1) is 0 Å². The quantitative estimate of drug-likeness (QED) is 0.803. The van der Waals surface area contributed by atoms with Gasteiger partial charge in [-0.1, -0.05) is 23.7 Å². The largest absolute Gasteiger partial charge is 0.466 e. The number of ether oxygens (including phenoxy) is 1. The van der Waals surface area contributed by atoms with Crippen molar-refractivity contribution < 1.29 is 14.3 Å². The average molecular weight is 310 g/mol. The maximum Gasteiger partial charge on any atom is 0.309 e. The predicted molar refractivity (Wildman–Crippen MR) is 81.1 cm³/mol. The van der Waals surface area contributed by atoms with E-state index in [4.69, 9.17) is 16.3 Å². The van der Waals surface area contributed by atoms with Crippen LogP contribution >= 0.6 is 11.6 Å². The molecule has 1 heterocycles. The first-order valence-electron chi connectivity index (χ1n) is 7.29. The molecule has 1 aromatic carbocycles. The van der Waals surface area contributed by atoms with Crippen molar-refractivity contribution in [1.29, 1.82) is 0 Å². The van der Waals surface area contributed by atoms with Crippen LogP contribution in [0.25, 0.3) is 0 Å². The lowest BCUT2D eigenvalue weighted by molar-refractivity contribution is -0.151. The van der Waals surface area contributed by atoms with Gasteiger partial charge in [0.15, 0.2) is 0 Å². The molecule has 21 heavy (non-hydrogen) atoms. The second-order valence-corrected chi connectivity index (χ2v) is 5.65. The Hall–Kier alpha value is -1.55. The van der Waals surface area contributed by atoms with Gasteiger partial charge in [-0.2, -0.15) is 0 Å². The van der Waals surface area contributed by atoms with Crippen molar-refractivity contribution in [3.05, 3.63) is 34.9 Å². The summed E-state index contributed by atoms with van der Waals surface area (Å²) in [6.07, 6.45) is 1.71. The highest BCUT2D eigenvalue weighted by Gasteiger charge is 2.28. The summed E-state index contributed by atoms with van der Waals surface area (Å²) in [5.74, 6) is -0.126. The number of esters is 1. The fourth-order valence-corrected chi connectivity index (χ4v) is 2.77. The molecule has 114 valence electrons. The van der Waals surface area contributed by atoms with Crippen LogP contribution in [0.15, 0.2) is 24.3 Å². The summed E-state index contributed by atoms with van der Waals surface area (Å²) >= 11 is 5.92. The van der Waals surface area contributed by atoms with Crippen LogP contribution in [-0.2, 0) is 20.7 Å². The highest BCUT2D eigenvalue weighted by atomic mass is 35.5. The molecule has 0 N–H and O–H groups in total. The summed E-state index contributed by atoms with van der Waals surface area (Å²) in [4.78, 5) is 25.7. The van der Waals surface area contributed by atoms with E-state index in [1.807, 2.05) is 30.0 Å². The zero-order valence-electron chi connectivity index (χ0n) is 12.2. The molecule has 1 aliphatic rings. The minimum atomic E-state index is -0.139. The minimum Gasteiger partial charge on any atom is -0.466 e. The van der Waals surface area contributed by atoms with Crippen LogP contribution in [-0.4, -0.2) is 36.5 Å². The van der Waals surface area contributed by atoms with Gasteiger partial charge in [0.05, 0.1) is 18.9 Å². The molecule has 4 nitrogen and oxygen atoms in total. The standard InChI is InChI=1S/C16H20ClNO3/c1-2-21-16(20)13-6-8-18(9-7-13)15(19)11-12-4-3-5-14(17)10-12/h3-5,10,13H,2,6-9,11H2,1H3. The normalized spacial score (nSPS) is 15.8. The molecule has 0 atom stereocenters. The molecule has 0 radical (unpaired) electrons. The van der Waals surface area contributed by atoms with Gasteiger partial charge in [0.1, 0.15) is 0 Å². The average Bonchev–Trinajstić information content (AvgIpc) is 2.47. The number of nitrogens with zero attached hydrogens (tertiary/aromatic N) is 1. The highest BCUT2D eigenvalue weighted by molar-refractivity contribution is 6.30. The number of amides is 1. The molecule has 0 aliphatic carbocycles. The van der Waals surface area contributed by atoms with E-state index in [-0.39, 0.29) is 17.8 Å². The van der Waals surface area contributed by atoms with Gasteiger partial charge in [0.2, 0.25) is 5.91 Å². The van der Waals surface area contributed by atoms with Gasteiger partial charge < -0.3 is 9.64 Å². The molecule has 0 spiro atoms. The van der Waals surface area contributed by atoms with E-state index in [0.29, 0.717) is 44.0 Å². The lowest BCUT2D eigenvalue weighted by Gasteiger charge is -2.31. The molecule has 0 saturated carbocycles. The van der Waals surface area contributed by atoms with Crippen molar-refractivity contribution in [2.75, 3.05) is 19.7 Å². The first-order chi connectivity index (χ1) is 10.1. The number of hydrogen-bond donors (Lipinski definition) is 0. The molecule has 2 rings (SSSR count). The van der Waals surface area contributed by atoms with Gasteiger partial charge in [0, 0.05) is 18.1 Å². The number of piperidine rings is 1. The SMILES string of the molecule is CCOC(=O)C1CCN(C(=O)Cc2cccc(Cl)c2)CC1. The van der Waals surface area contributed by atoms with Crippen LogP contribution in [0.1, 0.15) is 25.3 Å². The molecule has 5 heteroatoms. The third-order valence-corrected chi connectivity index (χ3v) is 3.95. The molecular formula is C16H20ClNO3. The number of benzene rings is 1. The zero-order chi connectivity index (χ0) is 15.2. The van der Waals surface area contributed by atoms with Crippen LogP contribution in [0.2, 0.25) is 5.02 Å². The van der Waals surface area contributed by atoms with Gasteiger partial charge >= 0.3 is 5.97 Å². The van der Waals surface area contributed by atoms with E-state index in [1.165, 1.54) is 0 Å². The van der Waals surface area contributed by atoms with Gasteiger partial charge in [-0.3, -0.25) is 9.59 Å². The van der Waals surface area contributed by atoms with Crippen LogP contribution in [0, 0.1) is 5.92 Å². The Morgan fingerprint density at radius 1 is 1.33 bits per heavy atom. The number of halogens is 1. The van der Waals surface area contributed by atoms with Crippen molar-refractivity contribution >= 4 is 23.5 Å². The number of rotatable bonds is 4. The minimum absolute atomic E-state index is 0.0693. The van der Waals surface area contributed by atoms with E-state index in [0.717, 1.165) is 5.56 Å². The predicted octanol–water partition coefficient (Wildman–Crippen LogP) is 2.68. The zero-order valence-corrected chi connectivity index (χ0v) is 12.9. The summed E-state index contributed by atoms with van der Waals surface area (Å²) in [6, 6.07) is 7.35. The second kappa shape index (κ2) is 7.46. The van der Waals surface area contributed by atoms with E-state index in [1.54, 1.807) is 6.07 Å². The fraction of sp³-hybridized carbons (Fsp3) is 0.500. The summed E-state index contributed by atoms with van der Waals surface area (Å²) in [6.45, 7) is 3.44. The van der Waals surface area contributed by atoms with E-state index in [9.17, 15) is 9.59 Å². The maximum absolute atomic E-state index is 12.2. The highest BCUT2D eigenvalue weighted by Crippen LogP contribution is 2.20. The lowest BCUT2D eigenvalue weighted by atomic mass is 9.96. The second-order valence-electron chi connectivity index (χ2n) is 5.21. The fourth-order valence-electron chi connectivity index (χ4n) is 2.56. The Morgan fingerprint density at radius 3 is 2.67 bits per heavy atom. The Morgan fingerprint density at radius 2 is 2.05 bits per heavy atom. The number of carbonyl (C=O) groups is 2. The number of likely N-dealkylation sites (tertiary alicyclic amines) is 1. The van der Waals surface area contributed by atoms with E-state index < -0.39 is 0 Å². The molecule has 1 aromatic rings. The van der Waals surface area contributed by atoms with Gasteiger partial charge in [0.25, 0.3) is 0 Å². The third kappa shape index (κ3) is 4.46. The van der Waals surface area contributed by atoms with Gasteiger partial charge in [-0.25, -0.2) is 0 Å². The Kier molecular flexibility index (Phi) is 5.62. The Balaban J connectivity index is 1.84. The van der Waals surface area contributed by atoms with Crippen molar-refractivity contribution in [2.45, 2.75) is 26.2 Å². The molecule has 1 aliphatic heterocycles. The molecule has 0 unspecified atom stereocenters. The summed E-state index contributed by atoms with van der Waals surface area (Å²) < 4.78 is 5.03. The third-order valence-electron chi connectivity index (χ3n) is 3.71. The van der Waals surface area contributed by atoms with Crippen LogP contribution in [0.4, 0.5) is 0 Å². The summed E-state index contributed by atoms with van der Waals surface area (Å²) in [7, 11) is 0. The Bertz CT molecular complexity index is 510. The first kappa shape index (κ1) is 15.8. The van der Waals surface area contributed by atoms with Crippen molar-refractivity contribution in [1.82, 2.24) is 4.90 Å². The van der Waals surface area contributed by atoms with Crippen molar-refractivity contribution in [3.8, 4) is 0 Å². The Labute approximate surface area is 130 Å². The summed E-state index contributed by atoms with van der Waals surface area (Å²) in [5, 5.41) is 0.640. The van der Waals surface area contributed by atoms with Crippen molar-refractivity contribution in [2.24, 2.45) is 5.92 Å². The van der Waals surface area contributed by atoms with Crippen LogP contribution in [0.5, 0.6) is 0 Å². The van der Waals surface area contributed by atoms with Crippen molar-refractivity contribution in [3.63, 3.8) is 0 Å². The number of carbonyl (C=O) groups excluding carboxylic acids is 2.